The highest BCUT2D eigenvalue weighted by Crippen LogP contribution is 2.48. The fraction of sp³-hybridized carbons (Fsp3) is 0.500. The van der Waals surface area contributed by atoms with Crippen molar-refractivity contribution in [2.75, 3.05) is 23.8 Å². The lowest BCUT2D eigenvalue weighted by Gasteiger charge is -2.47. The number of carbonyl (C=O) groups excluding carboxylic acids is 1. The van der Waals surface area contributed by atoms with E-state index in [1.807, 2.05) is 11.0 Å². The Morgan fingerprint density at radius 1 is 1.08 bits per heavy atom. The van der Waals surface area contributed by atoms with Crippen LogP contribution in [-0.2, 0) is 21.9 Å². The maximum atomic E-state index is 13.0. The number of anilines is 1. The smallest absolute Gasteiger partial charge is 0.264 e. The molecule has 4 atom stereocenters. The molecule has 6 rings (SSSR count). The molecule has 2 aromatic rings. The predicted octanol–water partition coefficient (Wildman–Crippen LogP) is 4.30. The highest BCUT2D eigenvalue weighted by molar-refractivity contribution is 7.90. The summed E-state index contributed by atoms with van der Waals surface area (Å²) in [5.41, 5.74) is 3.20. The molecule has 1 fully saturated rings. The molecule has 2 bridgehead atoms. The number of ether oxygens (including phenoxy) is 1. The minimum atomic E-state index is -3.75. The lowest BCUT2D eigenvalue weighted by atomic mass is 9.68. The molecule has 2 aliphatic heterocycles. The average Bonchev–Trinajstić information content (AvgIpc) is 3.04. The first-order valence-corrected chi connectivity index (χ1v) is 15.5. The highest BCUT2D eigenvalue weighted by atomic mass is 32.2. The van der Waals surface area contributed by atoms with Gasteiger partial charge in [0.05, 0.1) is 18.0 Å². The number of nitrogens with one attached hydrogen (secondary N) is 1. The fourth-order valence-corrected chi connectivity index (χ4v) is 7.83. The lowest BCUT2D eigenvalue weighted by Crippen LogP contribution is -2.53. The zero-order chi connectivity index (χ0) is 26.3. The van der Waals surface area contributed by atoms with E-state index < -0.39 is 22.2 Å². The molecule has 2 heterocycles. The summed E-state index contributed by atoms with van der Waals surface area (Å²) < 4.78 is 33.8. The zero-order valence-electron chi connectivity index (χ0n) is 21.6. The number of amides is 1. The number of allylic oxidation sites excluding steroid dienone is 2. The number of benzene rings is 2. The molecule has 7 nitrogen and oxygen atoms in total. The topological polar surface area (TPSA) is 95.9 Å². The van der Waals surface area contributed by atoms with Crippen molar-refractivity contribution in [2.24, 2.45) is 11.8 Å². The van der Waals surface area contributed by atoms with Gasteiger partial charge in [-0.2, -0.15) is 0 Å². The van der Waals surface area contributed by atoms with Crippen molar-refractivity contribution in [1.82, 2.24) is 4.72 Å². The third kappa shape index (κ3) is 4.73. The van der Waals surface area contributed by atoms with Gasteiger partial charge in [0.15, 0.2) is 0 Å². The molecule has 2 aromatic carbocycles. The van der Waals surface area contributed by atoms with Crippen LogP contribution in [0.3, 0.4) is 0 Å². The van der Waals surface area contributed by atoms with Gasteiger partial charge in [-0.05, 0) is 86.6 Å². The first kappa shape index (κ1) is 25.4. The van der Waals surface area contributed by atoms with Gasteiger partial charge in [-0.15, -0.1) is 0 Å². The number of hydrogen-bond donors (Lipinski definition) is 2. The first-order valence-electron chi connectivity index (χ1n) is 13.9. The molecule has 0 aromatic heterocycles. The van der Waals surface area contributed by atoms with E-state index in [4.69, 9.17) is 4.74 Å². The Balaban J connectivity index is 1.44. The van der Waals surface area contributed by atoms with E-state index >= 15 is 0 Å². The summed E-state index contributed by atoms with van der Waals surface area (Å²) >= 11 is 0. The highest BCUT2D eigenvalue weighted by Gasteiger charge is 2.46. The molecule has 0 radical (unpaired) electrons. The van der Waals surface area contributed by atoms with E-state index in [1.54, 1.807) is 18.2 Å². The second kappa shape index (κ2) is 10.0. The van der Waals surface area contributed by atoms with Crippen LogP contribution in [-0.4, -0.2) is 44.6 Å². The Morgan fingerprint density at radius 3 is 2.79 bits per heavy atom. The molecule has 1 spiro atoms. The van der Waals surface area contributed by atoms with Crippen molar-refractivity contribution in [3.8, 4) is 5.75 Å². The molecular formula is C30H36N2O5S. The van der Waals surface area contributed by atoms with Gasteiger partial charge in [-0.1, -0.05) is 36.4 Å². The van der Waals surface area contributed by atoms with Crippen LogP contribution in [0.15, 0.2) is 54.6 Å². The molecule has 38 heavy (non-hydrogen) atoms. The number of aliphatic hydroxyl groups is 1. The Kier molecular flexibility index (Phi) is 6.72. The van der Waals surface area contributed by atoms with E-state index in [9.17, 15) is 18.3 Å². The van der Waals surface area contributed by atoms with Crippen molar-refractivity contribution in [2.45, 2.75) is 63.0 Å². The average molecular weight is 537 g/mol. The van der Waals surface area contributed by atoms with Gasteiger partial charge in [0, 0.05) is 23.4 Å². The van der Waals surface area contributed by atoms with Crippen LogP contribution in [0.4, 0.5) is 5.69 Å². The summed E-state index contributed by atoms with van der Waals surface area (Å²) in [7, 11) is -3.75. The summed E-state index contributed by atoms with van der Waals surface area (Å²) in [5.74, 6) is 0.336. The van der Waals surface area contributed by atoms with Gasteiger partial charge >= 0.3 is 0 Å². The van der Waals surface area contributed by atoms with E-state index in [0.717, 1.165) is 38.5 Å². The molecule has 4 unspecified atom stereocenters. The number of hydrogen-bond acceptors (Lipinski definition) is 6. The van der Waals surface area contributed by atoms with Crippen LogP contribution in [0.1, 0.15) is 66.4 Å². The summed E-state index contributed by atoms with van der Waals surface area (Å²) in [4.78, 5) is 15.1. The van der Waals surface area contributed by atoms with Crippen molar-refractivity contribution in [3.63, 3.8) is 0 Å². The van der Waals surface area contributed by atoms with Crippen molar-refractivity contribution < 1.29 is 23.1 Å². The monoisotopic (exact) mass is 536 g/mol. The normalized spacial score (nSPS) is 30.7. The fourth-order valence-electron chi connectivity index (χ4n) is 6.78. The predicted molar refractivity (Wildman–Crippen MR) is 147 cm³/mol. The Morgan fingerprint density at radius 2 is 1.95 bits per heavy atom. The van der Waals surface area contributed by atoms with Crippen LogP contribution in [0.5, 0.6) is 5.75 Å². The van der Waals surface area contributed by atoms with Gasteiger partial charge in [-0.25, -0.2) is 13.1 Å². The summed E-state index contributed by atoms with van der Waals surface area (Å²) in [6.45, 7) is 1.05. The number of rotatable bonds is 0. The Bertz CT molecular complexity index is 1360. The van der Waals surface area contributed by atoms with E-state index in [0.29, 0.717) is 43.3 Å². The van der Waals surface area contributed by atoms with Gasteiger partial charge < -0.3 is 14.7 Å². The number of aryl methyl sites for hydroxylation is 1. The van der Waals surface area contributed by atoms with E-state index in [1.165, 1.54) is 11.1 Å². The third-order valence-corrected chi connectivity index (χ3v) is 10.3. The van der Waals surface area contributed by atoms with E-state index in [-0.39, 0.29) is 22.6 Å². The van der Waals surface area contributed by atoms with Gasteiger partial charge in [0.2, 0.25) is 10.0 Å². The Hall–Kier alpha value is -2.84. The molecular weight excluding hydrogens is 500 g/mol. The lowest BCUT2D eigenvalue weighted by molar-refractivity contribution is 0.00918. The third-order valence-electron chi connectivity index (χ3n) is 9.01. The molecule has 1 saturated carbocycles. The van der Waals surface area contributed by atoms with E-state index in [2.05, 4.69) is 35.1 Å². The van der Waals surface area contributed by atoms with Crippen LogP contribution < -0.4 is 14.4 Å². The number of aliphatic hydroxyl groups excluding tert-OH is 1. The minimum absolute atomic E-state index is 0.101. The first-order chi connectivity index (χ1) is 18.4. The standard InChI is InChI=1S/C30H36N2O5S/c33-28-23-13-15-27-26(18-23)32(19-30(20-37-27)16-7-10-22-9-4-5-11-25(22)30)29(34)24-14-12-21(24)8-3-1-2-6-17-38(35,36)31-28/h1,3-5,9,11,13,15,18,21,24,29,34H,2,6-8,10,12,14,16-17,19-20H2,(H,31,33). The van der Waals surface area contributed by atoms with Crippen molar-refractivity contribution in [3.05, 3.63) is 71.3 Å². The van der Waals surface area contributed by atoms with Crippen LogP contribution in [0.2, 0.25) is 0 Å². The van der Waals surface area contributed by atoms with Crippen LogP contribution in [0.25, 0.3) is 0 Å². The van der Waals surface area contributed by atoms with Crippen LogP contribution >= 0.6 is 0 Å². The van der Waals surface area contributed by atoms with Gasteiger partial charge in [0.25, 0.3) is 5.91 Å². The summed E-state index contributed by atoms with van der Waals surface area (Å²) in [6.07, 6.45) is 10.4. The molecule has 2 aliphatic carbocycles. The second-order valence-corrected chi connectivity index (χ2v) is 13.2. The summed E-state index contributed by atoms with van der Waals surface area (Å²) in [6, 6.07) is 13.6. The van der Waals surface area contributed by atoms with Gasteiger partial charge in [-0.3, -0.25) is 4.79 Å². The zero-order valence-corrected chi connectivity index (χ0v) is 22.5. The quantitative estimate of drug-likeness (QED) is 0.488. The molecule has 0 saturated heterocycles. The molecule has 4 aliphatic rings. The minimum Gasteiger partial charge on any atom is -0.490 e. The summed E-state index contributed by atoms with van der Waals surface area (Å²) in [5, 5.41) is 11.9. The molecule has 2 N–H and O–H groups in total. The largest absolute Gasteiger partial charge is 0.490 e. The molecule has 1 amide bonds. The van der Waals surface area contributed by atoms with Crippen LogP contribution in [0, 0.1) is 11.8 Å². The molecule has 8 heteroatoms. The Labute approximate surface area is 224 Å². The molecule has 202 valence electrons. The number of carbonyl (C=O) groups is 1. The van der Waals surface area contributed by atoms with Gasteiger partial charge in [0.1, 0.15) is 12.0 Å². The van der Waals surface area contributed by atoms with Crippen molar-refractivity contribution in [1.29, 1.82) is 0 Å². The SMILES string of the molecule is O=C1NS(=O)(=O)CCCC=CCC2CCC2C(O)N2CC3(CCCc4ccccc43)COc3ccc1cc32. The maximum absolute atomic E-state index is 13.0. The number of sulfonamides is 1. The number of nitrogens with zero attached hydrogens (tertiary/aromatic N) is 1. The second-order valence-electron chi connectivity index (χ2n) is 11.4. The number of fused-ring (bicyclic) bond motifs is 4. The maximum Gasteiger partial charge on any atom is 0.264 e. The van der Waals surface area contributed by atoms with Crippen molar-refractivity contribution >= 4 is 21.6 Å².